The molecule has 0 unspecified atom stereocenters. The number of thiazole rings is 1. The zero-order chi connectivity index (χ0) is 26.8. The number of aromatic carboxylic acids is 1. The minimum Gasteiger partial charge on any atom is -0.478 e. The van der Waals surface area contributed by atoms with Gasteiger partial charge in [0.1, 0.15) is 11.4 Å². The lowest BCUT2D eigenvalue weighted by molar-refractivity contribution is 0.0697. The van der Waals surface area contributed by atoms with Crippen LogP contribution in [0.4, 0.5) is 10.9 Å². The largest absolute Gasteiger partial charge is 0.478 e. The second-order valence-corrected chi connectivity index (χ2v) is 9.28. The molecule has 5 nitrogen and oxygen atoms in total. The number of nitrogens with zero attached hydrogens (tertiary/aromatic N) is 2. The highest BCUT2D eigenvalue weighted by Gasteiger charge is 2.20. The number of carbonyl (C=O) groups is 1. The lowest BCUT2D eigenvalue weighted by atomic mass is 10.1. The molecular weight excluding hydrogens is 513 g/mol. The second-order valence-electron chi connectivity index (χ2n) is 7.43. The predicted molar refractivity (Wildman–Crippen MR) is 154 cm³/mol. The van der Waals surface area contributed by atoms with Gasteiger partial charge < -0.3 is 10.4 Å². The molecule has 2 aromatic carbocycles. The molecule has 0 aliphatic heterocycles. The zero-order valence-corrected chi connectivity index (χ0v) is 23.6. The van der Waals surface area contributed by atoms with Crippen LogP contribution in [0.3, 0.4) is 0 Å². The van der Waals surface area contributed by atoms with Crippen molar-refractivity contribution in [2.24, 2.45) is 0 Å². The number of halogens is 2. The molecule has 0 spiro atoms. The smallest absolute Gasteiger partial charge is 0.339 e. The number of carboxylic acid groups (broad SMARTS) is 1. The van der Waals surface area contributed by atoms with E-state index in [1.54, 1.807) is 24.4 Å². The number of benzene rings is 2. The highest BCUT2D eigenvalue weighted by atomic mass is 35.5. The predicted octanol–water partition coefficient (Wildman–Crippen LogP) is 9.80. The van der Waals surface area contributed by atoms with E-state index in [4.69, 9.17) is 28.2 Å². The summed E-state index contributed by atoms with van der Waals surface area (Å²) in [7, 11) is 0. The van der Waals surface area contributed by atoms with Crippen molar-refractivity contribution in [3.05, 3.63) is 81.3 Å². The average Bonchev–Trinajstić information content (AvgIpc) is 3.33. The van der Waals surface area contributed by atoms with Crippen molar-refractivity contribution in [3.63, 3.8) is 0 Å². The number of aromatic nitrogens is 2. The van der Waals surface area contributed by atoms with Gasteiger partial charge in [-0.25, -0.2) is 14.8 Å². The molecule has 0 saturated carbocycles. The Morgan fingerprint density at radius 3 is 2.17 bits per heavy atom. The average molecular weight is 545 g/mol. The molecule has 190 valence electrons. The fourth-order valence-electron chi connectivity index (χ4n) is 3.24. The summed E-state index contributed by atoms with van der Waals surface area (Å²) in [4.78, 5) is 22.1. The molecule has 4 rings (SSSR count). The van der Waals surface area contributed by atoms with Gasteiger partial charge in [-0.3, -0.25) is 0 Å². The van der Waals surface area contributed by atoms with Gasteiger partial charge in [-0.15, -0.1) is 11.3 Å². The summed E-state index contributed by atoms with van der Waals surface area (Å²) in [5.74, 6) is -0.620. The van der Waals surface area contributed by atoms with E-state index in [-0.39, 0.29) is 17.3 Å². The molecule has 0 bridgehead atoms. The fourth-order valence-corrected chi connectivity index (χ4v) is 4.53. The molecule has 0 aliphatic carbocycles. The van der Waals surface area contributed by atoms with Crippen LogP contribution in [-0.4, -0.2) is 21.0 Å². The van der Waals surface area contributed by atoms with E-state index in [0.717, 1.165) is 27.3 Å². The zero-order valence-electron chi connectivity index (χ0n) is 21.3. The van der Waals surface area contributed by atoms with Crippen molar-refractivity contribution >= 4 is 51.5 Å². The van der Waals surface area contributed by atoms with Crippen LogP contribution in [-0.2, 0) is 0 Å². The van der Waals surface area contributed by atoms with Crippen LogP contribution in [0, 0.1) is 0 Å². The van der Waals surface area contributed by atoms with Gasteiger partial charge in [-0.1, -0.05) is 101 Å². The third-order valence-electron chi connectivity index (χ3n) is 4.82. The van der Waals surface area contributed by atoms with Gasteiger partial charge >= 0.3 is 5.97 Å². The first-order chi connectivity index (χ1) is 17.3. The Morgan fingerprint density at radius 1 is 0.917 bits per heavy atom. The molecule has 0 radical (unpaired) electrons. The van der Waals surface area contributed by atoms with Crippen LogP contribution in [0.15, 0.2) is 60.8 Å². The van der Waals surface area contributed by atoms with Gasteiger partial charge in [0.05, 0.1) is 15.7 Å². The van der Waals surface area contributed by atoms with Crippen molar-refractivity contribution in [2.75, 3.05) is 5.32 Å². The van der Waals surface area contributed by atoms with Gasteiger partial charge in [0.2, 0.25) is 0 Å². The first-order valence-corrected chi connectivity index (χ1v) is 13.4. The molecule has 0 atom stereocenters. The van der Waals surface area contributed by atoms with Crippen LogP contribution in [0.5, 0.6) is 0 Å². The van der Waals surface area contributed by atoms with E-state index in [0.29, 0.717) is 15.2 Å². The second kappa shape index (κ2) is 14.0. The van der Waals surface area contributed by atoms with Crippen LogP contribution in [0.1, 0.15) is 62.7 Å². The highest BCUT2D eigenvalue weighted by Crippen LogP contribution is 2.39. The summed E-state index contributed by atoms with van der Waals surface area (Å²) in [6.45, 7) is 12.2. The summed E-state index contributed by atoms with van der Waals surface area (Å²) in [5, 5.41) is 14.4. The van der Waals surface area contributed by atoms with Crippen molar-refractivity contribution < 1.29 is 9.90 Å². The van der Waals surface area contributed by atoms with Crippen molar-refractivity contribution in [1.29, 1.82) is 0 Å². The maximum absolute atomic E-state index is 11.9. The molecule has 4 aromatic rings. The minimum absolute atomic E-state index is 0.0729. The van der Waals surface area contributed by atoms with Crippen LogP contribution >= 0.6 is 34.5 Å². The van der Waals surface area contributed by atoms with Crippen molar-refractivity contribution in [1.82, 2.24) is 9.97 Å². The first kappa shape index (κ1) is 29.3. The van der Waals surface area contributed by atoms with E-state index in [9.17, 15) is 9.90 Å². The Hall–Kier alpha value is -2.93. The summed E-state index contributed by atoms with van der Waals surface area (Å²) in [6, 6.07) is 16.5. The maximum Gasteiger partial charge on any atom is 0.339 e. The van der Waals surface area contributed by atoms with Gasteiger partial charge in [-0.05, 0) is 29.7 Å². The van der Waals surface area contributed by atoms with E-state index in [2.05, 4.69) is 24.1 Å². The monoisotopic (exact) mass is 543 g/mol. The van der Waals surface area contributed by atoms with Crippen LogP contribution < -0.4 is 5.32 Å². The van der Waals surface area contributed by atoms with Crippen LogP contribution in [0.25, 0.3) is 22.4 Å². The topological polar surface area (TPSA) is 75.1 Å². The Morgan fingerprint density at radius 2 is 1.58 bits per heavy atom. The van der Waals surface area contributed by atoms with E-state index < -0.39 is 5.97 Å². The third-order valence-corrected chi connectivity index (χ3v) is 6.83. The first-order valence-electron chi connectivity index (χ1n) is 11.9. The molecule has 0 fully saturated rings. The van der Waals surface area contributed by atoms with E-state index in [1.165, 1.54) is 11.3 Å². The van der Waals surface area contributed by atoms with Crippen molar-refractivity contribution in [2.45, 2.75) is 47.5 Å². The SMILES string of the molecule is CC.CC.CC(C)c1sc(Nc2ncc(-c3ccccc3)cc2C(=O)O)nc1-c1ccc(Cl)c(Cl)c1. The molecule has 2 aromatic heterocycles. The summed E-state index contributed by atoms with van der Waals surface area (Å²) >= 11 is 13.7. The minimum atomic E-state index is -1.07. The standard InChI is InChI=1S/C24H19Cl2N3O2S.2C2H6/c1-13(2)21-20(15-8-9-18(25)19(26)11-15)28-24(32-21)29-22-17(23(30)31)10-16(12-27-22)14-6-4-3-5-7-14;2*1-2/h3-13H,1-2H3,(H,30,31)(H,27,28,29);2*1-2H3. The van der Waals surface area contributed by atoms with Gasteiger partial charge in [0.25, 0.3) is 0 Å². The number of hydrogen-bond donors (Lipinski definition) is 2. The lowest BCUT2D eigenvalue weighted by Crippen LogP contribution is -2.05. The van der Waals surface area contributed by atoms with Gasteiger partial charge in [0, 0.05) is 22.2 Å². The Kier molecular flexibility index (Phi) is 11.4. The summed E-state index contributed by atoms with van der Waals surface area (Å²) < 4.78 is 0. The third kappa shape index (κ3) is 7.06. The summed E-state index contributed by atoms with van der Waals surface area (Å²) in [6.07, 6.45) is 1.65. The molecular formula is C28H31Cl2N3O2S. The Labute approximate surface area is 227 Å². The van der Waals surface area contributed by atoms with Crippen LogP contribution in [0.2, 0.25) is 10.0 Å². The molecule has 2 N–H and O–H groups in total. The lowest BCUT2D eigenvalue weighted by Gasteiger charge is -2.08. The number of hydrogen-bond acceptors (Lipinski definition) is 5. The Bertz CT molecular complexity index is 1290. The number of pyridine rings is 1. The molecule has 8 heteroatoms. The Balaban J connectivity index is 0.00000109. The molecule has 0 saturated heterocycles. The fraction of sp³-hybridized carbons (Fsp3) is 0.250. The molecule has 0 aliphatic rings. The normalized spacial score (nSPS) is 10.1. The molecule has 36 heavy (non-hydrogen) atoms. The van der Waals surface area contributed by atoms with Crippen molar-refractivity contribution in [3.8, 4) is 22.4 Å². The van der Waals surface area contributed by atoms with Gasteiger partial charge in [-0.2, -0.15) is 0 Å². The number of rotatable bonds is 6. The maximum atomic E-state index is 11.9. The molecule has 0 amide bonds. The summed E-state index contributed by atoms with van der Waals surface area (Å²) in [5.41, 5.74) is 3.32. The van der Waals surface area contributed by atoms with Gasteiger partial charge in [0.15, 0.2) is 5.13 Å². The van der Waals surface area contributed by atoms with E-state index in [1.807, 2.05) is 64.1 Å². The highest BCUT2D eigenvalue weighted by molar-refractivity contribution is 7.16. The molecule has 2 heterocycles. The number of carboxylic acids is 1. The quantitative estimate of drug-likeness (QED) is 0.253. The number of anilines is 2. The van der Waals surface area contributed by atoms with E-state index >= 15 is 0 Å². The number of nitrogens with one attached hydrogen (secondary N) is 1.